The molecule has 0 aromatic rings. The van der Waals surface area contributed by atoms with Crippen LogP contribution in [0.1, 0.15) is 155 Å². The van der Waals surface area contributed by atoms with Gasteiger partial charge in [-0.2, -0.15) is 0 Å². The zero-order valence-electron chi connectivity index (χ0n) is 31.8. The fourth-order valence-electron chi connectivity index (χ4n) is 5.25. The fourth-order valence-corrected chi connectivity index (χ4v) is 5.25. The Kier molecular flexibility index (Phi) is 33.9. The van der Waals surface area contributed by atoms with Crippen molar-refractivity contribution in [1.29, 1.82) is 0 Å². The highest BCUT2D eigenvalue weighted by molar-refractivity contribution is 5.87. The summed E-state index contributed by atoms with van der Waals surface area (Å²) in [5.74, 6) is -2.58. The molecule has 0 aliphatic heterocycles. The van der Waals surface area contributed by atoms with Gasteiger partial charge in [0.25, 0.3) is 0 Å². The number of carboxylic acid groups (broad SMARTS) is 1. The Hall–Kier alpha value is -3.46. The molecule has 0 heterocycles. The Bertz CT molecular complexity index is 1050. The van der Waals surface area contributed by atoms with Gasteiger partial charge in [0.1, 0.15) is 12.1 Å². The predicted octanol–water partition coefficient (Wildman–Crippen LogP) is 8.98. The van der Waals surface area contributed by atoms with E-state index in [0.717, 1.165) is 51.4 Å². The molecule has 0 aromatic heterocycles. The zero-order chi connectivity index (χ0) is 37.6. The Morgan fingerprint density at radius 1 is 0.608 bits per heavy atom. The van der Waals surface area contributed by atoms with Crippen LogP contribution in [0.25, 0.3) is 0 Å². The molecule has 9 nitrogen and oxygen atoms in total. The van der Waals surface area contributed by atoms with Crippen LogP contribution in [0.2, 0.25) is 0 Å². The first kappa shape index (κ1) is 47.5. The van der Waals surface area contributed by atoms with E-state index < -0.39 is 24.5 Å². The van der Waals surface area contributed by atoms with Crippen LogP contribution in [-0.4, -0.2) is 59.3 Å². The molecule has 9 heteroatoms. The third-order valence-corrected chi connectivity index (χ3v) is 8.26. The Morgan fingerprint density at radius 2 is 1.10 bits per heavy atom. The second kappa shape index (κ2) is 36.3. The molecule has 0 saturated carbocycles. The number of rotatable bonds is 34. The van der Waals surface area contributed by atoms with Crippen LogP contribution in [0.15, 0.2) is 60.8 Å². The average Bonchev–Trinajstić information content (AvgIpc) is 3.11. The molecule has 0 fully saturated rings. The molecule has 0 rings (SSSR count). The van der Waals surface area contributed by atoms with Crippen LogP contribution in [0.5, 0.6) is 0 Å². The van der Waals surface area contributed by atoms with Crippen molar-refractivity contribution in [3.05, 3.63) is 60.8 Å². The van der Waals surface area contributed by atoms with Crippen molar-refractivity contribution in [2.45, 2.75) is 167 Å². The first-order valence-electron chi connectivity index (χ1n) is 19.7. The molecule has 0 radical (unpaired) electrons. The Labute approximate surface area is 309 Å². The summed E-state index contributed by atoms with van der Waals surface area (Å²) >= 11 is 0. The van der Waals surface area contributed by atoms with Crippen molar-refractivity contribution in [2.24, 2.45) is 0 Å². The van der Waals surface area contributed by atoms with E-state index in [0.29, 0.717) is 25.7 Å². The summed E-state index contributed by atoms with van der Waals surface area (Å²) in [6.07, 6.45) is 42.5. The van der Waals surface area contributed by atoms with E-state index in [2.05, 4.69) is 73.1 Å². The van der Waals surface area contributed by atoms with Crippen molar-refractivity contribution in [2.75, 3.05) is 13.2 Å². The number of hydrogen-bond donors (Lipinski definition) is 4. The van der Waals surface area contributed by atoms with Crippen LogP contribution in [0, 0.1) is 0 Å². The Balaban J connectivity index is 4.59. The molecule has 51 heavy (non-hydrogen) atoms. The van der Waals surface area contributed by atoms with Crippen LogP contribution in [0.3, 0.4) is 0 Å². The average molecular weight is 715 g/mol. The van der Waals surface area contributed by atoms with E-state index in [1.807, 2.05) is 12.2 Å². The first-order chi connectivity index (χ1) is 24.8. The summed E-state index contributed by atoms with van der Waals surface area (Å²) in [7, 11) is 0. The maximum absolute atomic E-state index is 12.7. The number of carbonyl (C=O) groups excluding carboxylic acids is 3. The molecule has 0 bridgehead atoms. The number of carbonyl (C=O) groups is 4. The third-order valence-electron chi connectivity index (χ3n) is 8.26. The lowest BCUT2D eigenvalue weighted by atomic mass is 10.0. The molecule has 0 saturated heterocycles. The summed E-state index contributed by atoms with van der Waals surface area (Å²) in [5, 5.41) is 22.5. The number of allylic oxidation sites excluding steroid dienone is 9. The molecule has 2 unspecified atom stereocenters. The summed E-state index contributed by atoms with van der Waals surface area (Å²) < 4.78 is 5.82. The number of ether oxygens (including phenoxy) is 1. The fraction of sp³-hybridized carbons (Fsp3) is 0.667. The number of aliphatic carboxylic acids is 1. The minimum atomic E-state index is -1.41. The third kappa shape index (κ3) is 33.4. The highest BCUT2D eigenvalue weighted by atomic mass is 16.5. The minimum Gasteiger partial charge on any atom is -0.480 e. The monoisotopic (exact) mass is 715 g/mol. The highest BCUT2D eigenvalue weighted by Crippen LogP contribution is 2.15. The molecule has 0 aliphatic carbocycles. The molecule has 2 amide bonds. The van der Waals surface area contributed by atoms with E-state index in [4.69, 9.17) is 14.9 Å². The van der Waals surface area contributed by atoms with E-state index in [1.54, 1.807) is 0 Å². The zero-order valence-corrected chi connectivity index (χ0v) is 31.8. The lowest BCUT2D eigenvalue weighted by Gasteiger charge is -2.15. The van der Waals surface area contributed by atoms with Gasteiger partial charge in [-0.3, -0.25) is 14.4 Å². The van der Waals surface area contributed by atoms with Gasteiger partial charge in [-0.05, 0) is 63.9 Å². The minimum absolute atomic E-state index is 0.181. The van der Waals surface area contributed by atoms with E-state index in [-0.39, 0.29) is 30.9 Å². The lowest BCUT2D eigenvalue weighted by Crippen LogP contribution is -2.47. The SMILES string of the molecule is CC/C=C\C/C=C\C/C=C\C/C=C\C/C=C\C(CCCCC(=O)NCC(=O)NC(CO)C(=O)O)OC(=O)CCCCCCCCCCCCCC. The maximum Gasteiger partial charge on any atom is 0.328 e. The van der Waals surface area contributed by atoms with Crippen LogP contribution in [0.4, 0.5) is 0 Å². The van der Waals surface area contributed by atoms with Gasteiger partial charge >= 0.3 is 11.9 Å². The summed E-state index contributed by atoms with van der Waals surface area (Å²) in [6, 6.07) is -1.41. The van der Waals surface area contributed by atoms with Crippen molar-refractivity contribution in [3.8, 4) is 0 Å². The molecule has 0 spiro atoms. The largest absolute Gasteiger partial charge is 0.480 e. The van der Waals surface area contributed by atoms with Gasteiger partial charge in [0.15, 0.2) is 0 Å². The van der Waals surface area contributed by atoms with E-state index >= 15 is 0 Å². The molecule has 2 atom stereocenters. The summed E-state index contributed by atoms with van der Waals surface area (Å²) in [5.41, 5.74) is 0. The second-order valence-electron chi connectivity index (χ2n) is 13.0. The highest BCUT2D eigenvalue weighted by Gasteiger charge is 2.19. The summed E-state index contributed by atoms with van der Waals surface area (Å²) in [6.45, 7) is 3.27. The van der Waals surface area contributed by atoms with Crippen molar-refractivity contribution in [1.82, 2.24) is 10.6 Å². The number of hydrogen-bond acceptors (Lipinski definition) is 6. The van der Waals surface area contributed by atoms with Crippen LogP contribution < -0.4 is 10.6 Å². The van der Waals surface area contributed by atoms with Crippen LogP contribution in [-0.2, 0) is 23.9 Å². The second-order valence-corrected chi connectivity index (χ2v) is 13.0. The Morgan fingerprint density at radius 3 is 1.61 bits per heavy atom. The van der Waals surface area contributed by atoms with Crippen molar-refractivity contribution in [3.63, 3.8) is 0 Å². The normalized spacial score (nSPS) is 13.2. The molecule has 290 valence electrons. The van der Waals surface area contributed by atoms with Gasteiger partial charge in [0, 0.05) is 12.8 Å². The quantitative estimate of drug-likeness (QED) is 0.0296. The van der Waals surface area contributed by atoms with Gasteiger partial charge in [-0.15, -0.1) is 0 Å². The number of carboxylic acids is 1. The van der Waals surface area contributed by atoms with Gasteiger partial charge in [-0.1, -0.05) is 139 Å². The number of aliphatic hydroxyl groups is 1. The number of unbranched alkanes of at least 4 members (excludes halogenated alkanes) is 12. The molecule has 0 aliphatic rings. The van der Waals surface area contributed by atoms with Gasteiger partial charge < -0.3 is 25.6 Å². The number of amides is 2. The predicted molar refractivity (Wildman–Crippen MR) is 208 cm³/mol. The summed E-state index contributed by atoms with van der Waals surface area (Å²) in [4.78, 5) is 47.7. The smallest absolute Gasteiger partial charge is 0.328 e. The number of nitrogens with one attached hydrogen (secondary N) is 2. The van der Waals surface area contributed by atoms with Crippen molar-refractivity contribution < 1.29 is 34.1 Å². The maximum atomic E-state index is 12.7. The van der Waals surface area contributed by atoms with E-state index in [1.165, 1.54) is 57.8 Å². The lowest BCUT2D eigenvalue weighted by molar-refractivity contribution is -0.147. The topological polar surface area (TPSA) is 142 Å². The van der Waals surface area contributed by atoms with Gasteiger partial charge in [0.05, 0.1) is 13.2 Å². The molecule has 4 N–H and O–H groups in total. The number of esters is 1. The first-order valence-corrected chi connectivity index (χ1v) is 19.7. The standard InChI is InChI=1S/C42H70N2O7/c1-3-5-7-9-11-13-15-17-18-19-21-23-25-27-31-37(32-29-30-33-39(46)43-35-40(47)44-38(36-45)42(49)50)51-41(48)34-28-26-24-22-20-16-14-12-10-8-6-4-2/h5,7,11,13,17-18,21,23,27,31,37-38,45H,3-4,6,8-10,12,14-16,19-20,22,24-26,28-30,32-36H2,1-2H3,(H,43,46)(H,44,47)(H,49,50)/b7-5-,13-11-,18-17-,23-21-,31-27-. The molecular weight excluding hydrogens is 644 g/mol. The van der Waals surface area contributed by atoms with E-state index in [9.17, 15) is 19.2 Å². The molecular formula is C42H70N2O7. The van der Waals surface area contributed by atoms with Crippen LogP contribution >= 0.6 is 0 Å². The molecule has 0 aromatic carbocycles. The van der Waals surface area contributed by atoms with Gasteiger partial charge in [-0.25, -0.2) is 4.79 Å². The van der Waals surface area contributed by atoms with Gasteiger partial charge in [0.2, 0.25) is 11.8 Å². The number of aliphatic hydroxyl groups excluding tert-OH is 1. The van der Waals surface area contributed by atoms with Crippen molar-refractivity contribution >= 4 is 23.8 Å².